The molecule has 0 saturated carbocycles. The first-order valence-electron chi connectivity index (χ1n) is 4.65. The number of nitrogens with zero attached hydrogens (tertiary/aromatic N) is 3. The fourth-order valence-electron chi connectivity index (χ4n) is 1.17. The van der Waals surface area contributed by atoms with Gasteiger partial charge in [0.1, 0.15) is 0 Å². The molecule has 0 atom stereocenters. The van der Waals surface area contributed by atoms with Crippen LogP contribution in [0.4, 0.5) is 5.69 Å². The molecule has 0 radical (unpaired) electrons. The zero-order valence-electron chi connectivity index (χ0n) is 8.71. The number of hydrogen-bond acceptors (Lipinski definition) is 5. The summed E-state index contributed by atoms with van der Waals surface area (Å²) >= 11 is 8.89. The van der Waals surface area contributed by atoms with E-state index < -0.39 is 4.92 Å². The van der Waals surface area contributed by atoms with E-state index in [4.69, 9.17) is 16.3 Å². The van der Waals surface area contributed by atoms with Gasteiger partial charge in [-0.25, -0.2) is 0 Å². The summed E-state index contributed by atoms with van der Waals surface area (Å²) in [4.78, 5) is 17.8. The molecule has 8 heteroatoms. The van der Waals surface area contributed by atoms with Crippen LogP contribution in [0.15, 0.2) is 35.1 Å². The first-order valence-corrected chi connectivity index (χ1v) is 5.82. The number of halogens is 2. The zero-order chi connectivity index (χ0) is 13.1. The van der Waals surface area contributed by atoms with E-state index in [-0.39, 0.29) is 22.5 Å². The van der Waals surface area contributed by atoms with Crippen LogP contribution in [0, 0.1) is 10.1 Å². The number of hydrogen-bond donors (Lipinski definition) is 0. The Morgan fingerprint density at radius 2 is 2.17 bits per heavy atom. The lowest BCUT2D eigenvalue weighted by Gasteiger charge is -2.06. The van der Waals surface area contributed by atoms with Crippen LogP contribution in [0.1, 0.15) is 0 Å². The average molecular weight is 331 g/mol. The van der Waals surface area contributed by atoms with E-state index >= 15 is 0 Å². The average Bonchev–Trinajstić information content (AvgIpc) is 2.31. The van der Waals surface area contributed by atoms with Gasteiger partial charge in [-0.3, -0.25) is 15.1 Å². The van der Waals surface area contributed by atoms with Crippen LogP contribution >= 0.6 is 27.5 Å². The van der Waals surface area contributed by atoms with E-state index in [1.807, 2.05) is 0 Å². The van der Waals surface area contributed by atoms with Crippen LogP contribution in [-0.2, 0) is 0 Å². The molecule has 0 amide bonds. The Kier molecular flexibility index (Phi) is 3.73. The van der Waals surface area contributed by atoms with Gasteiger partial charge in [0, 0.05) is 6.07 Å². The Balaban J connectivity index is 2.33. The quantitative estimate of drug-likeness (QED) is 0.635. The van der Waals surface area contributed by atoms with E-state index in [1.54, 1.807) is 0 Å². The molecule has 6 nitrogen and oxygen atoms in total. The van der Waals surface area contributed by atoms with E-state index in [1.165, 1.54) is 30.6 Å². The summed E-state index contributed by atoms with van der Waals surface area (Å²) in [6.45, 7) is 0. The summed E-state index contributed by atoms with van der Waals surface area (Å²) < 4.78 is 5.94. The zero-order valence-corrected chi connectivity index (χ0v) is 11.1. The molecule has 0 fully saturated rings. The van der Waals surface area contributed by atoms with Crippen LogP contribution < -0.4 is 4.74 Å². The predicted octanol–water partition coefficient (Wildman–Crippen LogP) is 3.59. The minimum Gasteiger partial charge on any atom is -0.436 e. The molecule has 18 heavy (non-hydrogen) atoms. The normalized spacial score (nSPS) is 10.1. The van der Waals surface area contributed by atoms with E-state index in [0.29, 0.717) is 4.47 Å². The molecule has 0 bridgehead atoms. The molecule has 0 aliphatic heterocycles. The van der Waals surface area contributed by atoms with E-state index in [0.717, 1.165) is 0 Å². The molecular formula is C10H5BrClN3O3. The fourth-order valence-corrected chi connectivity index (χ4v) is 1.64. The third kappa shape index (κ3) is 2.93. The SMILES string of the molecule is O=[N+]([O-])c1ccc(Br)c(Oc2cncc(Cl)n2)c1. The molecule has 1 aromatic heterocycles. The number of non-ortho nitro benzene ring substituents is 1. The van der Waals surface area contributed by atoms with Gasteiger partial charge in [-0.15, -0.1) is 0 Å². The van der Waals surface area contributed by atoms with E-state index in [2.05, 4.69) is 25.9 Å². The maximum Gasteiger partial charge on any atom is 0.273 e. The minimum absolute atomic E-state index is 0.0804. The van der Waals surface area contributed by atoms with Crippen molar-refractivity contribution in [3.8, 4) is 11.6 Å². The van der Waals surface area contributed by atoms with Crippen molar-refractivity contribution in [1.29, 1.82) is 0 Å². The summed E-state index contributed by atoms with van der Waals surface area (Å²) in [6.07, 6.45) is 2.72. The first-order chi connectivity index (χ1) is 8.56. The second kappa shape index (κ2) is 5.28. The molecule has 2 aromatic rings. The predicted molar refractivity (Wildman–Crippen MR) is 67.9 cm³/mol. The highest BCUT2D eigenvalue weighted by atomic mass is 79.9. The number of ether oxygens (including phenoxy) is 1. The van der Waals surface area contributed by atoms with Gasteiger partial charge in [-0.05, 0) is 22.0 Å². The minimum atomic E-state index is -0.511. The molecule has 0 aliphatic rings. The van der Waals surface area contributed by atoms with Crippen LogP contribution in [-0.4, -0.2) is 14.9 Å². The Morgan fingerprint density at radius 1 is 1.39 bits per heavy atom. The lowest BCUT2D eigenvalue weighted by atomic mass is 10.3. The van der Waals surface area contributed by atoms with Crippen molar-refractivity contribution >= 4 is 33.2 Å². The van der Waals surface area contributed by atoms with E-state index in [9.17, 15) is 10.1 Å². The number of nitro groups is 1. The van der Waals surface area contributed by atoms with Crippen molar-refractivity contribution < 1.29 is 9.66 Å². The number of aromatic nitrogens is 2. The monoisotopic (exact) mass is 329 g/mol. The summed E-state index contributed by atoms with van der Waals surface area (Å²) in [5, 5.41) is 10.8. The fraction of sp³-hybridized carbons (Fsp3) is 0. The molecule has 0 unspecified atom stereocenters. The highest BCUT2D eigenvalue weighted by Crippen LogP contribution is 2.32. The smallest absolute Gasteiger partial charge is 0.273 e. The molecule has 92 valence electrons. The Labute approximate surface area is 115 Å². The van der Waals surface area contributed by atoms with Crippen molar-refractivity contribution in [3.05, 3.63) is 50.3 Å². The van der Waals surface area contributed by atoms with Crippen molar-refractivity contribution in [2.75, 3.05) is 0 Å². The Hall–Kier alpha value is -1.73. The lowest BCUT2D eigenvalue weighted by Crippen LogP contribution is -1.93. The maximum atomic E-state index is 10.7. The van der Waals surface area contributed by atoms with Gasteiger partial charge < -0.3 is 4.74 Å². The topological polar surface area (TPSA) is 78.2 Å². The summed E-state index contributed by atoms with van der Waals surface area (Å²) in [5.41, 5.74) is -0.0804. The largest absolute Gasteiger partial charge is 0.436 e. The highest BCUT2D eigenvalue weighted by molar-refractivity contribution is 9.10. The van der Waals surface area contributed by atoms with Crippen molar-refractivity contribution in [1.82, 2.24) is 9.97 Å². The van der Waals surface area contributed by atoms with Crippen LogP contribution in [0.25, 0.3) is 0 Å². The van der Waals surface area contributed by atoms with Gasteiger partial charge >= 0.3 is 0 Å². The van der Waals surface area contributed by atoms with Gasteiger partial charge in [0.2, 0.25) is 5.88 Å². The van der Waals surface area contributed by atoms with Crippen LogP contribution in [0.5, 0.6) is 11.6 Å². The third-order valence-corrected chi connectivity index (χ3v) is 2.76. The highest BCUT2D eigenvalue weighted by Gasteiger charge is 2.12. The molecule has 0 N–H and O–H groups in total. The van der Waals surface area contributed by atoms with Crippen LogP contribution in [0.2, 0.25) is 5.15 Å². The second-order valence-electron chi connectivity index (χ2n) is 3.15. The van der Waals surface area contributed by atoms with Crippen molar-refractivity contribution in [2.24, 2.45) is 0 Å². The summed E-state index contributed by atoms with van der Waals surface area (Å²) in [7, 11) is 0. The molecular weight excluding hydrogens is 325 g/mol. The number of benzene rings is 1. The number of nitro benzene ring substituents is 1. The van der Waals surface area contributed by atoms with Crippen LogP contribution in [0.3, 0.4) is 0 Å². The summed E-state index contributed by atoms with van der Waals surface area (Å²) in [6, 6.07) is 4.17. The molecule has 0 aliphatic carbocycles. The van der Waals surface area contributed by atoms with Gasteiger partial charge in [0.05, 0.1) is 27.9 Å². The summed E-state index contributed by atoms with van der Waals surface area (Å²) in [5.74, 6) is 0.421. The molecule has 0 spiro atoms. The Morgan fingerprint density at radius 3 is 2.83 bits per heavy atom. The van der Waals surface area contributed by atoms with Crippen molar-refractivity contribution in [2.45, 2.75) is 0 Å². The first kappa shape index (κ1) is 12.7. The molecule has 2 rings (SSSR count). The number of rotatable bonds is 3. The van der Waals surface area contributed by atoms with Gasteiger partial charge in [0.15, 0.2) is 10.9 Å². The van der Waals surface area contributed by atoms with Crippen molar-refractivity contribution in [3.63, 3.8) is 0 Å². The maximum absolute atomic E-state index is 10.7. The van der Waals surface area contributed by atoms with Gasteiger partial charge in [-0.2, -0.15) is 4.98 Å². The molecule has 1 aromatic carbocycles. The Bertz CT molecular complexity index is 609. The molecule has 1 heterocycles. The third-order valence-electron chi connectivity index (χ3n) is 1.92. The lowest BCUT2D eigenvalue weighted by molar-refractivity contribution is -0.384. The second-order valence-corrected chi connectivity index (χ2v) is 4.40. The molecule has 0 saturated heterocycles. The van der Waals surface area contributed by atoms with Gasteiger partial charge in [-0.1, -0.05) is 11.6 Å². The van der Waals surface area contributed by atoms with Gasteiger partial charge in [0.25, 0.3) is 5.69 Å². The standard InChI is InChI=1S/C10H5BrClN3O3/c11-7-2-1-6(15(16)17)3-8(7)18-10-5-13-4-9(12)14-10/h1-5H.